The molecule has 0 unspecified atom stereocenters. The number of nitrogens with one attached hydrogen (secondary N) is 1. The largest absolute Gasteiger partial charge is 0.464 e. The van der Waals surface area contributed by atoms with Crippen molar-refractivity contribution < 1.29 is 14.3 Å². The number of ether oxygens (including phenoxy) is 1. The number of carbonyl (C=O) groups excluding carboxylic acids is 2. The van der Waals surface area contributed by atoms with Crippen molar-refractivity contribution in [3.63, 3.8) is 0 Å². The van der Waals surface area contributed by atoms with Crippen LogP contribution in [0.2, 0.25) is 0 Å². The van der Waals surface area contributed by atoms with Gasteiger partial charge in [0.25, 0.3) is 0 Å². The van der Waals surface area contributed by atoms with Crippen molar-refractivity contribution in [2.45, 2.75) is 19.4 Å². The molecule has 0 spiro atoms. The fourth-order valence-corrected chi connectivity index (χ4v) is 0.998. The van der Waals surface area contributed by atoms with Crippen molar-refractivity contribution in [1.82, 2.24) is 5.32 Å². The monoisotopic (exact) mass is 169 g/mol. The highest BCUT2D eigenvalue weighted by Crippen LogP contribution is 2.05. The van der Waals surface area contributed by atoms with Crippen molar-refractivity contribution in [2.75, 3.05) is 6.61 Å². The van der Waals surface area contributed by atoms with Crippen molar-refractivity contribution in [3.05, 3.63) is 12.2 Å². The highest BCUT2D eigenvalue weighted by atomic mass is 16.5. The van der Waals surface area contributed by atoms with Gasteiger partial charge in [0, 0.05) is 6.42 Å². The van der Waals surface area contributed by atoms with Crippen LogP contribution in [0.25, 0.3) is 0 Å². The summed E-state index contributed by atoms with van der Waals surface area (Å²) in [6.07, 6.45) is 3.57. The Morgan fingerprint density at radius 2 is 2.50 bits per heavy atom. The van der Waals surface area contributed by atoms with Gasteiger partial charge >= 0.3 is 5.97 Å². The molecule has 1 atom stereocenters. The molecular weight excluding hydrogens is 158 g/mol. The maximum atomic E-state index is 10.9. The number of allylic oxidation sites excluding steroid dienone is 1. The third-order valence-electron chi connectivity index (χ3n) is 1.57. The van der Waals surface area contributed by atoms with E-state index in [9.17, 15) is 9.59 Å². The maximum absolute atomic E-state index is 10.9. The first-order valence-electron chi connectivity index (χ1n) is 3.84. The Balaban J connectivity index is 2.40. The molecule has 1 heterocycles. The smallest absolute Gasteiger partial charge is 0.328 e. The van der Waals surface area contributed by atoms with Crippen LogP contribution in [0.4, 0.5) is 0 Å². The van der Waals surface area contributed by atoms with Gasteiger partial charge in [0.15, 0.2) is 0 Å². The van der Waals surface area contributed by atoms with Crippen molar-refractivity contribution in [3.8, 4) is 0 Å². The first-order valence-corrected chi connectivity index (χ1v) is 3.84. The second-order valence-corrected chi connectivity index (χ2v) is 2.52. The average Bonchev–Trinajstić information content (AvgIpc) is 2.37. The zero-order chi connectivity index (χ0) is 8.97. The predicted octanol–water partition coefficient (Wildman–Crippen LogP) is -0.00580. The van der Waals surface area contributed by atoms with E-state index < -0.39 is 6.04 Å². The number of hydrogen-bond acceptors (Lipinski definition) is 3. The number of hydrogen-bond donors (Lipinski definition) is 1. The summed E-state index contributed by atoms with van der Waals surface area (Å²) in [7, 11) is 0. The predicted molar refractivity (Wildman–Crippen MR) is 42.3 cm³/mol. The molecule has 1 aliphatic heterocycles. The number of rotatable bonds is 2. The molecule has 0 radical (unpaired) electrons. The Hall–Kier alpha value is -1.32. The van der Waals surface area contributed by atoms with Crippen LogP contribution in [0.1, 0.15) is 13.3 Å². The first-order chi connectivity index (χ1) is 5.74. The third kappa shape index (κ3) is 2.08. The van der Waals surface area contributed by atoms with Crippen molar-refractivity contribution in [2.24, 2.45) is 0 Å². The molecule has 0 saturated carbocycles. The molecule has 12 heavy (non-hydrogen) atoms. The molecule has 1 saturated heterocycles. The number of cyclic esters (lactones) is 1. The van der Waals surface area contributed by atoms with E-state index in [0.29, 0.717) is 13.0 Å². The first kappa shape index (κ1) is 8.77. The zero-order valence-electron chi connectivity index (χ0n) is 6.87. The Morgan fingerprint density at radius 3 is 3.00 bits per heavy atom. The van der Waals surface area contributed by atoms with Gasteiger partial charge in [0.05, 0.1) is 6.61 Å². The Morgan fingerprint density at radius 1 is 1.75 bits per heavy atom. The van der Waals surface area contributed by atoms with E-state index in [2.05, 4.69) is 10.1 Å². The molecule has 0 aliphatic carbocycles. The van der Waals surface area contributed by atoms with Gasteiger partial charge in [-0.1, -0.05) is 6.08 Å². The number of esters is 1. The molecule has 0 aromatic carbocycles. The normalized spacial score (nSPS) is 22.8. The van der Waals surface area contributed by atoms with Crippen LogP contribution in [0.3, 0.4) is 0 Å². The van der Waals surface area contributed by atoms with E-state index in [4.69, 9.17) is 0 Å². The lowest BCUT2D eigenvalue weighted by molar-refractivity contribution is -0.140. The number of amides is 1. The molecule has 1 fully saturated rings. The summed E-state index contributed by atoms with van der Waals surface area (Å²) in [5.41, 5.74) is 0. The molecule has 1 amide bonds. The second-order valence-electron chi connectivity index (χ2n) is 2.52. The van der Waals surface area contributed by atoms with E-state index in [0.717, 1.165) is 0 Å². The summed E-state index contributed by atoms with van der Waals surface area (Å²) in [6.45, 7) is 2.15. The van der Waals surface area contributed by atoms with Gasteiger partial charge in [0.1, 0.15) is 6.04 Å². The molecule has 0 aromatic rings. The van der Waals surface area contributed by atoms with Crippen LogP contribution in [0.5, 0.6) is 0 Å². The molecule has 66 valence electrons. The van der Waals surface area contributed by atoms with Crippen LogP contribution in [0.15, 0.2) is 12.2 Å². The van der Waals surface area contributed by atoms with Gasteiger partial charge in [0.2, 0.25) is 5.91 Å². The van der Waals surface area contributed by atoms with Crippen LogP contribution >= 0.6 is 0 Å². The van der Waals surface area contributed by atoms with Crippen molar-refractivity contribution >= 4 is 11.9 Å². The van der Waals surface area contributed by atoms with Gasteiger partial charge in [-0.25, -0.2) is 4.79 Å². The highest BCUT2D eigenvalue weighted by molar-refractivity contribution is 5.91. The Labute approximate surface area is 70.6 Å². The van der Waals surface area contributed by atoms with Gasteiger partial charge in [-0.05, 0) is 13.0 Å². The van der Waals surface area contributed by atoms with Gasteiger partial charge in [-0.3, -0.25) is 4.79 Å². The second kappa shape index (κ2) is 3.90. The summed E-state index contributed by atoms with van der Waals surface area (Å²) in [5.74, 6) is -0.589. The summed E-state index contributed by atoms with van der Waals surface area (Å²) in [6, 6.07) is -0.450. The quantitative estimate of drug-likeness (QED) is 0.467. The molecule has 4 heteroatoms. The van der Waals surface area contributed by atoms with E-state index in [1.54, 1.807) is 13.0 Å². The minimum atomic E-state index is -0.450. The Kier molecular flexibility index (Phi) is 2.85. The van der Waals surface area contributed by atoms with Crippen LogP contribution in [0, 0.1) is 0 Å². The topological polar surface area (TPSA) is 55.4 Å². The van der Waals surface area contributed by atoms with Crippen LogP contribution in [-0.2, 0) is 14.3 Å². The summed E-state index contributed by atoms with van der Waals surface area (Å²) >= 11 is 0. The fraction of sp³-hybridized carbons (Fsp3) is 0.500. The lowest BCUT2D eigenvalue weighted by atomic mass is 10.2. The summed E-state index contributed by atoms with van der Waals surface area (Å²) < 4.78 is 4.67. The summed E-state index contributed by atoms with van der Waals surface area (Å²) in [4.78, 5) is 21.8. The molecule has 1 N–H and O–H groups in total. The van der Waals surface area contributed by atoms with Crippen LogP contribution < -0.4 is 5.32 Å². The van der Waals surface area contributed by atoms with E-state index in [1.807, 2.05) is 0 Å². The molecule has 1 rings (SSSR count). The maximum Gasteiger partial charge on any atom is 0.328 e. The lowest BCUT2D eigenvalue weighted by Gasteiger charge is -2.04. The molecule has 0 bridgehead atoms. The summed E-state index contributed by atoms with van der Waals surface area (Å²) in [5, 5.41) is 2.53. The Bertz CT molecular complexity index is 222. The average molecular weight is 169 g/mol. The van der Waals surface area contributed by atoms with Crippen LogP contribution in [-0.4, -0.2) is 24.5 Å². The molecule has 0 aromatic heterocycles. The van der Waals surface area contributed by atoms with Gasteiger partial charge in [-0.2, -0.15) is 0 Å². The third-order valence-corrected chi connectivity index (χ3v) is 1.57. The highest BCUT2D eigenvalue weighted by Gasteiger charge is 2.26. The van der Waals surface area contributed by atoms with E-state index in [1.165, 1.54) is 6.08 Å². The van der Waals surface area contributed by atoms with E-state index >= 15 is 0 Å². The minimum Gasteiger partial charge on any atom is -0.464 e. The lowest BCUT2D eigenvalue weighted by Crippen LogP contribution is -2.36. The van der Waals surface area contributed by atoms with Gasteiger partial charge in [-0.15, -0.1) is 0 Å². The molecular formula is C8H11NO3. The molecule has 4 nitrogen and oxygen atoms in total. The zero-order valence-corrected chi connectivity index (χ0v) is 6.87. The van der Waals surface area contributed by atoms with E-state index in [-0.39, 0.29) is 11.9 Å². The number of carbonyl (C=O) groups is 2. The fourth-order valence-electron chi connectivity index (χ4n) is 0.998. The standard InChI is InChI=1S/C8H11NO3/c1-2-3-7(10)9-6-4-5-12-8(6)11/h2-3,6H,4-5H2,1H3,(H,9,10)/b3-2+/t6-/m0/s1. The molecule has 1 aliphatic rings. The SMILES string of the molecule is C/C=C/C(=O)N[C@H]1CCOC1=O. The van der Waals surface area contributed by atoms with Crippen molar-refractivity contribution in [1.29, 1.82) is 0 Å². The van der Waals surface area contributed by atoms with Gasteiger partial charge < -0.3 is 10.1 Å². The minimum absolute atomic E-state index is 0.249.